The Morgan fingerprint density at radius 1 is 1.50 bits per heavy atom. The van der Waals surface area contributed by atoms with Crippen molar-refractivity contribution < 1.29 is 9.18 Å². The van der Waals surface area contributed by atoms with Crippen LogP contribution in [0.2, 0.25) is 0 Å². The summed E-state index contributed by atoms with van der Waals surface area (Å²) in [6.07, 6.45) is -0.642. The number of halogens is 3. The van der Waals surface area contributed by atoms with Crippen molar-refractivity contribution in [2.24, 2.45) is 0 Å². The number of amides is 1. The summed E-state index contributed by atoms with van der Waals surface area (Å²) < 4.78 is 13.9. The van der Waals surface area contributed by atoms with E-state index in [9.17, 15) is 9.18 Å². The zero-order valence-electron chi connectivity index (χ0n) is 9.66. The summed E-state index contributed by atoms with van der Waals surface area (Å²) in [5.41, 5.74) is 1.01. The summed E-state index contributed by atoms with van der Waals surface area (Å²) in [5.74, 6) is -0.138. The number of carbonyl (C=O) groups excluding carboxylic acids is 1. The van der Waals surface area contributed by atoms with E-state index in [4.69, 9.17) is 0 Å². The molecule has 2 N–H and O–H groups in total. The second-order valence-corrected chi connectivity index (χ2v) is 4.96. The Morgan fingerprint density at radius 3 is 2.83 bits per heavy atom. The number of hydrogen-bond acceptors (Lipinski definition) is 2. The Morgan fingerprint density at radius 2 is 2.22 bits per heavy atom. The highest BCUT2D eigenvalue weighted by atomic mass is 79.9. The van der Waals surface area contributed by atoms with Crippen molar-refractivity contribution in [3.05, 3.63) is 34.3 Å². The van der Waals surface area contributed by atoms with Gasteiger partial charge >= 0.3 is 0 Å². The third-order valence-corrected chi connectivity index (χ3v) is 3.58. The number of benzene rings is 1. The number of rotatable bonds is 3. The summed E-state index contributed by atoms with van der Waals surface area (Å²) in [4.78, 5) is 11.7. The van der Waals surface area contributed by atoms with E-state index in [0.29, 0.717) is 6.54 Å². The van der Waals surface area contributed by atoms with Crippen molar-refractivity contribution in [1.82, 2.24) is 10.6 Å². The second kappa shape index (κ2) is 7.07. The molecule has 0 spiro atoms. The average molecular weight is 338 g/mol. The van der Waals surface area contributed by atoms with Crippen LogP contribution in [0.15, 0.2) is 28.7 Å². The van der Waals surface area contributed by atoms with Crippen LogP contribution in [0.1, 0.15) is 12.0 Å². The van der Waals surface area contributed by atoms with Crippen LogP contribution >= 0.6 is 28.3 Å². The average Bonchev–Trinajstić information content (AvgIpc) is 2.74. The topological polar surface area (TPSA) is 41.1 Å². The fourth-order valence-corrected chi connectivity index (χ4v) is 2.26. The molecule has 0 bridgehead atoms. The fraction of sp³-hybridized carbons (Fsp3) is 0.417. The van der Waals surface area contributed by atoms with Crippen LogP contribution in [0.5, 0.6) is 0 Å². The first-order valence-electron chi connectivity index (χ1n) is 5.55. The SMILES string of the molecule is Cl.O=C(NCc1ccccc1Br)[C@H]1C[C@H](F)CN1. The molecule has 1 aromatic rings. The van der Waals surface area contributed by atoms with Crippen molar-refractivity contribution in [3.63, 3.8) is 0 Å². The van der Waals surface area contributed by atoms with E-state index in [1.54, 1.807) is 0 Å². The molecule has 1 amide bonds. The van der Waals surface area contributed by atoms with Crippen LogP contribution in [0.3, 0.4) is 0 Å². The van der Waals surface area contributed by atoms with Gasteiger partial charge in [-0.15, -0.1) is 12.4 Å². The highest BCUT2D eigenvalue weighted by Gasteiger charge is 2.28. The number of carbonyl (C=O) groups is 1. The first kappa shape index (κ1) is 15.4. The minimum Gasteiger partial charge on any atom is -0.351 e. The van der Waals surface area contributed by atoms with Gasteiger partial charge in [0.2, 0.25) is 5.91 Å². The second-order valence-electron chi connectivity index (χ2n) is 4.10. The smallest absolute Gasteiger partial charge is 0.237 e. The minimum absolute atomic E-state index is 0. The minimum atomic E-state index is -0.908. The first-order valence-corrected chi connectivity index (χ1v) is 6.34. The lowest BCUT2D eigenvalue weighted by molar-refractivity contribution is -0.123. The number of alkyl halides is 1. The lowest BCUT2D eigenvalue weighted by atomic mass is 10.2. The van der Waals surface area contributed by atoms with Crippen molar-refractivity contribution in [3.8, 4) is 0 Å². The zero-order valence-corrected chi connectivity index (χ0v) is 12.1. The zero-order chi connectivity index (χ0) is 12.3. The predicted octanol–water partition coefficient (Wildman–Crippen LogP) is 2.19. The molecule has 1 saturated heterocycles. The van der Waals surface area contributed by atoms with E-state index >= 15 is 0 Å². The predicted molar refractivity (Wildman–Crippen MR) is 74.5 cm³/mol. The van der Waals surface area contributed by atoms with Crippen molar-refractivity contribution in [2.45, 2.75) is 25.2 Å². The molecule has 0 saturated carbocycles. The molecule has 18 heavy (non-hydrogen) atoms. The third-order valence-electron chi connectivity index (χ3n) is 2.80. The maximum atomic E-state index is 12.9. The molecular formula is C12H15BrClFN2O. The summed E-state index contributed by atoms with van der Waals surface area (Å²) in [7, 11) is 0. The maximum Gasteiger partial charge on any atom is 0.237 e. The Hall–Kier alpha value is -0.650. The number of nitrogens with one attached hydrogen (secondary N) is 2. The summed E-state index contributed by atoms with van der Waals surface area (Å²) >= 11 is 3.41. The highest BCUT2D eigenvalue weighted by Crippen LogP contribution is 2.16. The van der Waals surface area contributed by atoms with E-state index in [1.807, 2.05) is 24.3 Å². The molecule has 1 aromatic carbocycles. The largest absolute Gasteiger partial charge is 0.351 e. The van der Waals surface area contributed by atoms with E-state index in [1.165, 1.54) is 0 Å². The molecule has 0 radical (unpaired) electrons. The van der Waals surface area contributed by atoms with Gasteiger partial charge in [-0.1, -0.05) is 34.1 Å². The third kappa shape index (κ3) is 3.93. The molecule has 0 aromatic heterocycles. The van der Waals surface area contributed by atoms with Gasteiger partial charge in [0.1, 0.15) is 6.17 Å². The van der Waals surface area contributed by atoms with Crippen molar-refractivity contribution in [1.29, 1.82) is 0 Å². The van der Waals surface area contributed by atoms with Crippen LogP contribution in [0, 0.1) is 0 Å². The molecule has 0 unspecified atom stereocenters. The normalized spacial score (nSPS) is 22.3. The van der Waals surface area contributed by atoms with Crippen LogP contribution < -0.4 is 10.6 Å². The fourth-order valence-electron chi connectivity index (χ4n) is 1.84. The van der Waals surface area contributed by atoms with Crippen LogP contribution in [-0.2, 0) is 11.3 Å². The van der Waals surface area contributed by atoms with E-state index < -0.39 is 12.2 Å². The molecular weight excluding hydrogens is 323 g/mol. The van der Waals surface area contributed by atoms with E-state index in [-0.39, 0.29) is 31.3 Å². The molecule has 6 heteroatoms. The lowest BCUT2D eigenvalue weighted by Gasteiger charge is -2.11. The van der Waals surface area contributed by atoms with Gasteiger partial charge in [-0.3, -0.25) is 4.79 Å². The van der Waals surface area contributed by atoms with Crippen molar-refractivity contribution in [2.75, 3.05) is 6.54 Å². The van der Waals surface area contributed by atoms with E-state index in [0.717, 1.165) is 10.0 Å². The molecule has 1 fully saturated rings. The molecule has 0 aliphatic carbocycles. The van der Waals surface area contributed by atoms with Gasteiger partial charge in [0, 0.05) is 24.0 Å². The standard InChI is InChI=1S/C12H14BrFN2O.ClH/c13-10-4-2-1-3-8(10)6-16-12(17)11-5-9(14)7-15-11;/h1-4,9,11,15H,5-7H2,(H,16,17);1H/t9-,11+;/m0./s1. The Bertz CT molecular complexity index is 419. The molecule has 1 aliphatic heterocycles. The number of hydrogen-bond donors (Lipinski definition) is 2. The van der Waals surface area contributed by atoms with E-state index in [2.05, 4.69) is 26.6 Å². The highest BCUT2D eigenvalue weighted by molar-refractivity contribution is 9.10. The van der Waals surface area contributed by atoms with Crippen LogP contribution in [-0.4, -0.2) is 24.7 Å². The molecule has 1 aliphatic rings. The summed E-state index contributed by atoms with van der Waals surface area (Å²) in [5, 5.41) is 5.66. The molecule has 3 nitrogen and oxygen atoms in total. The van der Waals surface area contributed by atoms with Gasteiger partial charge in [0.05, 0.1) is 6.04 Å². The molecule has 2 atom stereocenters. The van der Waals surface area contributed by atoms with Crippen LogP contribution in [0.4, 0.5) is 4.39 Å². The first-order chi connectivity index (χ1) is 8.16. The maximum absolute atomic E-state index is 12.9. The van der Waals surface area contributed by atoms with Gasteiger partial charge in [0.15, 0.2) is 0 Å². The molecule has 1 heterocycles. The van der Waals surface area contributed by atoms with Gasteiger partial charge in [-0.25, -0.2) is 4.39 Å². The van der Waals surface area contributed by atoms with Gasteiger partial charge in [0.25, 0.3) is 0 Å². The van der Waals surface area contributed by atoms with Gasteiger partial charge in [-0.05, 0) is 11.6 Å². The lowest BCUT2D eigenvalue weighted by Crippen LogP contribution is -2.40. The summed E-state index contributed by atoms with van der Waals surface area (Å²) in [6, 6.07) is 7.30. The Balaban J connectivity index is 0.00000162. The Kier molecular flexibility index (Phi) is 6.05. The monoisotopic (exact) mass is 336 g/mol. The Labute approximate surface area is 120 Å². The van der Waals surface area contributed by atoms with Crippen LogP contribution in [0.25, 0.3) is 0 Å². The van der Waals surface area contributed by atoms with Gasteiger partial charge in [-0.2, -0.15) is 0 Å². The summed E-state index contributed by atoms with van der Waals surface area (Å²) in [6.45, 7) is 0.725. The quantitative estimate of drug-likeness (QED) is 0.888. The molecule has 100 valence electrons. The van der Waals surface area contributed by atoms with Gasteiger partial charge < -0.3 is 10.6 Å². The molecule has 2 rings (SSSR count). The van der Waals surface area contributed by atoms with Crippen molar-refractivity contribution >= 4 is 34.2 Å².